The monoisotopic (exact) mass is 217 g/mol. The van der Waals surface area contributed by atoms with Crippen LogP contribution in [0, 0.1) is 0 Å². The van der Waals surface area contributed by atoms with Gasteiger partial charge in [-0.3, -0.25) is 4.79 Å². The summed E-state index contributed by atoms with van der Waals surface area (Å²) in [6.07, 6.45) is 1.37. The van der Waals surface area contributed by atoms with Gasteiger partial charge in [0.2, 0.25) is 0 Å². The summed E-state index contributed by atoms with van der Waals surface area (Å²) in [6.45, 7) is 0. The zero-order chi connectivity index (χ0) is 10.6. The van der Waals surface area contributed by atoms with Crippen LogP contribution in [0.2, 0.25) is 0 Å². The molecule has 0 bridgehead atoms. The Morgan fingerprint density at radius 2 is 2.29 bits per heavy atom. The molecular formula is C8H8ClNO4. The van der Waals surface area contributed by atoms with E-state index in [0.717, 1.165) is 0 Å². The SMILES string of the molecule is COC(=O)c1cc(OC(=O)CCl)c[nH]1. The number of aromatic amines is 1. The van der Waals surface area contributed by atoms with Gasteiger partial charge in [-0.25, -0.2) is 4.79 Å². The normalized spacial score (nSPS) is 9.57. The molecule has 0 spiro atoms. The molecule has 1 aromatic rings. The molecule has 1 N–H and O–H groups in total. The number of hydrogen-bond donors (Lipinski definition) is 1. The van der Waals surface area contributed by atoms with E-state index in [0.29, 0.717) is 0 Å². The van der Waals surface area contributed by atoms with E-state index in [1.807, 2.05) is 0 Å². The van der Waals surface area contributed by atoms with Crippen LogP contribution in [-0.2, 0) is 9.53 Å². The maximum Gasteiger partial charge on any atom is 0.354 e. The van der Waals surface area contributed by atoms with Gasteiger partial charge in [0.25, 0.3) is 0 Å². The Balaban J connectivity index is 2.68. The number of ether oxygens (including phenoxy) is 2. The molecule has 0 aliphatic heterocycles. The molecule has 0 aromatic carbocycles. The quantitative estimate of drug-likeness (QED) is 0.605. The molecule has 0 unspecified atom stereocenters. The molecule has 0 atom stereocenters. The number of carbonyl (C=O) groups is 2. The number of rotatable bonds is 3. The van der Waals surface area contributed by atoms with Gasteiger partial charge in [0, 0.05) is 12.3 Å². The van der Waals surface area contributed by atoms with Crippen molar-refractivity contribution in [1.82, 2.24) is 4.98 Å². The minimum absolute atomic E-state index is 0.213. The van der Waals surface area contributed by atoms with Crippen LogP contribution < -0.4 is 4.74 Å². The molecule has 0 fully saturated rings. The molecular weight excluding hydrogens is 210 g/mol. The fourth-order valence-corrected chi connectivity index (χ4v) is 0.874. The minimum atomic E-state index is -0.581. The van der Waals surface area contributed by atoms with E-state index < -0.39 is 11.9 Å². The summed E-state index contributed by atoms with van der Waals surface area (Å²) in [5, 5.41) is 0. The number of nitrogens with one attached hydrogen (secondary N) is 1. The predicted octanol–water partition coefficient (Wildman–Crippen LogP) is 0.946. The third kappa shape index (κ3) is 2.50. The molecule has 0 saturated heterocycles. The van der Waals surface area contributed by atoms with Crippen LogP contribution in [-0.4, -0.2) is 29.9 Å². The zero-order valence-corrected chi connectivity index (χ0v) is 8.13. The van der Waals surface area contributed by atoms with E-state index in [2.05, 4.69) is 9.72 Å². The lowest BCUT2D eigenvalue weighted by Gasteiger charge is -1.95. The topological polar surface area (TPSA) is 68.4 Å². The highest BCUT2D eigenvalue weighted by Crippen LogP contribution is 2.13. The van der Waals surface area contributed by atoms with Gasteiger partial charge >= 0.3 is 11.9 Å². The fourth-order valence-electron chi connectivity index (χ4n) is 0.820. The van der Waals surface area contributed by atoms with Crippen LogP contribution in [0.25, 0.3) is 0 Å². The summed E-state index contributed by atoms with van der Waals surface area (Å²) < 4.78 is 9.17. The Labute approximate surface area is 85.0 Å². The first kappa shape index (κ1) is 10.6. The van der Waals surface area contributed by atoms with E-state index >= 15 is 0 Å². The molecule has 0 aliphatic carbocycles. The van der Waals surface area contributed by atoms with Gasteiger partial charge in [-0.15, -0.1) is 11.6 Å². The average Bonchev–Trinajstić information content (AvgIpc) is 2.65. The highest BCUT2D eigenvalue weighted by Gasteiger charge is 2.10. The van der Waals surface area contributed by atoms with Gasteiger partial charge in [-0.1, -0.05) is 0 Å². The summed E-state index contributed by atoms with van der Waals surface area (Å²) in [6, 6.07) is 1.36. The van der Waals surface area contributed by atoms with Crippen molar-refractivity contribution in [2.75, 3.05) is 13.0 Å². The Morgan fingerprint density at radius 1 is 1.57 bits per heavy atom. The number of alkyl halides is 1. The van der Waals surface area contributed by atoms with Crippen molar-refractivity contribution in [3.8, 4) is 5.75 Å². The molecule has 14 heavy (non-hydrogen) atoms. The first-order valence-electron chi connectivity index (χ1n) is 3.70. The molecule has 5 nitrogen and oxygen atoms in total. The number of hydrogen-bond acceptors (Lipinski definition) is 4. The van der Waals surface area contributed by atoms with Crippen molar-refractivity contribution in [2.45, 2.75) is 0 Å². The number of carbonyl (C=O) groups excluding carboxylic acids is 2. The first-order valence-corrected chi connectivity index (χ1v) is 4.24. The van der Waals surface area contributed by atoms with Gasteiger partial charge in [-0.2, -0.15) is 0 Å². The summed E-state index contributed by atoms with van der Waals surface area (Å²) in [4.78, 5) is 24.3. The number of aromatic nitrogens is 1. The van der Waals surface area contributed by atoms with Crippen molar-refractivity contribution in [3.63, 3.8) is 0 Å². The summed E-state index contributed by atoms with van der Waals surface area (Å²) >= 11 is 5.22. The first-order chi connectivity index (χ1) is 6.67. The second-order valence-electron chi connectivity index (χ2n) is 2.35. The van der Waals surface area contributed by atoms with Gasteiger partial charge < -0.3 is 14.5 Å². The number of methoxy groups -OCH3 is 1. The Kier molecular flexibility index (Phi) is 3.53. The Morgan fingerprint density at radius 3 is 2.86 bits per heavy atom. The van der Waals surface area contributed by atoms with E-state index in [1.54, 1.807) is 0 Å². The van der Waals surface area contributed by atoms with Crippen molar-refractivity contribution in [1.29, 1.82) is 0 Å². The van der Waals surface area contributed by atoms with E-state index in [-0.39, 0.29) is 17.3 Å². The average molecular weight is 218 g/mol. The molecule has 0 saturated carbocycles. The summed E-state index contributed by atoms with van der Waals surface area (Å²) in [5.41, 5.74) is 0.213. The van der Waals surface area contributed by atoms with Crippen molar-refractivity contribution >= 4 is 23.5 Å². The van der Waals surface area contributed by atoms with Crippen LogP contribution in [0.4, 0.5) is 0 Å². The van der Waals surface area contributed by atoms with E-state index in [9.17, 15) is 9.59 Å². The summed E-state index contributed by atoms with van der Waals surface area (Å²) in [5.74, 6) is -1.12. The molecule has 1 aromatic heterocycles. The maximum atomic E-state index is 11.0. The van der Waals surface area contributed by atoms with E-state index in [4.69, 9.17) is 16.3 Å². The summed E-state index contributed by atoms with van der Waals surface area (Å²) in [7, 11) is 1.26. The lowest BCUT2D eigenvalue weighted by molar-refractivity contribution is -0.131. The Hall–Kier alpha value is -1.49. The molecule has 0 aliphatic rings. The zero-order valence-electron chi connectivity index (χ0n) is 7.37. The lowest BCUT2D eigenvalue weighted by Crippen LogP contribution is -2.08. The Bertz CT molecular complexity index is 347. The van der Waals surface area contributed by atoms with Crippen molar-refractivity contribution in [2.24, 2.45) is 0 Å². The van der Waals surface area contributed by atoms with Gasteiger partial charge in [0.15, 0.2) is 0 Å². The maximum absolute atomic E-state index is 11.0. The lowest BCUT2D eigenvalue weighted by atomic mass is 10.4. The standard InChI is InChI=1S/C8H8ClNO4/c1-13-8(12)6-2-5(4-10-6)14-7(11)3-9/h2,4,10H,3H2,1H3. The van der Waals surface area contributed by atoms with Crippen LogP contribution in [0.3, 0.4) is 0 Å². The highest BCUT2D eigenvalue weighted by atomic mass is 35.5. The molecule has 1 rings (SSSR count). The van der Waals surface area contributed by atoms with Crippen molar-refractivity contribution in [3.05, 3.63) is 18.0 Å². The third-order valence-electron chi connectivity index (χ3n) is 1.40. The molecule has 6 heteroatoms. The molecule has 1 heterocycles. The largest absolute Gasteiger partial charge is 0.464 e. The van der Waals surface area contributed by atoms with E-state index in [1.165, 1.54) is 19.4 Å². The molecule has 0 radical (unpaired) electrons. The van der Waals surface area contributed by atoms with Crippen LogP contribution in [0.1, 0.15) is 10.5 Å². The van der Waals surface area contributed by atoms with Gasteiger partial charge in [0.1, 0.15) is 17.3 Å². The fraction of sp³-hybridized carbons (Fsp3) is 0.250. The van der Waals surface area contributed by atoms with Crippen LogP contribution >= 0.6 is 11.6 Å². The highest BCUT2D eigenvalue weighted by molar-refractivity contribution is 6.26. The molecule has 76 valence electrons. The van der Waals surface area contributed by atoms with Crippen LogP contribution in [0.5, 0.6) is 5.75 Å². The van der Waals surface area contributed by atoms with Gasteiger partial charge in [-0.05, 0) is 0 Å². The second kappa shape index (κ2) is 4.66. The smallest absolute Gasteiger partial charge is 0.354 e. The van der Waals surface area contributed by atoms with Crippen LogP contribution in [0.15, 0.2) is 12.3 Å². The molecule has 0 amide bonds. The minimum Gasteiger partial charge on any atom is -0.464 e. The third-order valence-corrected chi connectivity index (χ3v) is 1.62. The van der Waals surface area contributed by atoms with Gasteiger partial charge in [0.05, 0.1) is 7.11 Å². The predicted molar refractivity (Wildman–Crippen MR) is 48.5 cm³/mol. The number of halogens is 1. The van der Waals surface area contributed by atoms with Crippen molar-refractivity contribution < 1.29 is 19.1 Å². The second-order valence-corrected chi connectivity index (χ2v) is 2.62. The number of esters is 2. The number of H-pyrrole nitrogens is 1.